The number of aromatic nitrogens is 3. The average molecular weight is 355 g/mol. The second-order valence-corrected chi connectivity index (χ2v) is 5.76. The molecule has 0 atom stereocenters. The molecule has 3 rings (SSSR count). The Balaban J connectivity index is 1.77. The number of phenols is 1. The smallest absolute Gasteiger partial charge is 0.248 e. The molecule has 1 aromatic carbocycles. The number of carbonyl (C=O) groups is 1. The highest BCUT2D eigenvalue weighted by Gasteiger charge is 2.06. The number of halogens is 1. The molecule has 0 radical (unpaired) electrons. The molecule has 0 spiro atoms. The minimum atomic E-state index is -0.331. The van der Waals surface area contributed by atoms with Gasteiger partial charge in [0.25, 0.3) is 0 Å². The lowest BCUT2D eigenvalue weighted by Gasteiger charge is -2.05. The largest absolute Gasteiger partial charge is 0.506 e. The van der Waals surface area contributed by atoms with E-state index in [0.29, 0.717) is 5.69 Å². The molecule has 0 saturated carbocycles. The number of aryl methyl sites for hydroxylation is 1. The highest BCUT2D eigenvalue weighted by atomic mass is 35.5. The van der Waals surface area contributed by atoms with Crippen LogP contribution in [-0.4, -0.2) is 25.8 Å². The van der Waals surface area contributed by atoms with E-state index in [1.54, 1.807) is 35.4 Å². The van der Waals surface area contributed by atoms with Gasteiger partial charge in [-0.15, -0.1) is 0 Å². The van der Waals surface area contributed by atoms with Crippen molar-refractivity contribution in [2.24, 2.45) is 7.05 Å². The minimum absolute atomic E-state index is 0.0884. The summed E-state index contributed by atoms with van der Waals surface area (Å²) in [6.07, 6.45) is 10.1. The van der Waals surface area contributed by atoms with Crippen molar-refractivity contribution in [2.75, 3.05) is 5.32 Å². The van der Waals surface area contributed by atoms with E-state index < -0.39 is 0 Å². The maximum absolute atomic E-state index is 12.1. The quantitative estimate of drug-likeness (QED) is 0.703. The number of nitrogens with one attached hydrogen (secondary N) is 1. The summed E-state index contributed by atoms with van der Waals surface area (Å²) in [6, 6.07) is 6.38. The Bertz CT molecular complexity index is 950. The zero-order valence-corrected chi connectivity index (χ0v) is 14.1. The van der Waals surface area contributed by atoms with Gasteiger partial charge in [0, 0.05) is 54.6 Å². The van der Waals surface area contributed by atoms with E-state index in [9.17, 15) is 9.90 Å². The molecule has 0 aliphatic heterocycles. The van der Waals surface area contributed by atoms with Crippen LogP contribution in [-0.2, 0) is 11.8 Å². The first kappa shape index (κ1) is 16.7. The second kappa shape index (κ2) is 7.19. The number of benzene rings is 1. The van der Waals surface area contributed by atoms with Crippen LogP contribution < -0.4 is 5.32 Å². The van der Waals surface area contributed by atoms with Gasteiger partial charge in [0.2, 0.25) is 5.91 Å². The summed E-state index contributed by atoms with van der Waals surface area (Å²) in [5.74, 6) is -0.419. The van der Waals surface area contributed by atoms with Crippen LogP contribution >= 0.6 is 11.6 Å². The normalized spacial score (nSPS) is 11.0. The van der Waals surface area contributed by atoms with Crippen molar-refractivity contribution in [3.05, 3.63) is 65.7 Å². The van der Waals surface area contributed by atoms with Crippen LogP contribution in [0.4, 0.5) is 5.69 Å². The standard InChI is InChI=1S/C18H15ClN4O2/c1-23-11-13(10-21-23)15-6-7-20-9-12(15)2-5-18(25)22-14-3-4-16(19)17(24)8-14/h2-11,24H,1H3,(H,22,25). The molecular formula is C18H15ClN4O2. The van der Waals surface area contributed by atoms with E-state index in [1.165, 1.54) is 18.2 Å². The van der Waals surface area contributed by atoms with Crippen LogP contribution in [0.3, 0.4) is 0 Å². The van der Waals surface area contributed by atoms with Gasteiger partial charge in [-0.1, -0.05) is 11.6 Å². The molecule has 7 heteroatoms. The van der Waals surface area contributed by atoms with Crippen LogP contribution in [0, 0.1) is 0 Å². The Morgan fingerprint density at radius 1 is 1.32 bits per heavy atom. The monoisotopic (exact) mass is 354 g/mol. The zero-order chi connectivity index (χ0) is 17.8. The van der Waals surface area contributed by atoms with Gasteiger partial charge < -0.3 is 10.4 Å². The Morgan fingerprint density at radius 3 is 2.88 bits per heavy atom. The molecule has 126 valence electrons. The van der Waals surface area contributed by atoms with Crippen molar-refractivity contribution >= 4 is 29.3 Å². The summed E-state index contributed by atoms with van der Waals surface area (Å²) in [5.41, 5.74) is 3.11. The summed E-state index contributed by atoms with van der Waals surface area (Å²) in [6.45, 7) is 0. The molecular weight excluding hydrogens is 340 g/mol. The third-order valence-electron chi connectivity index (χ3n) is 3.50. The molecule has 0 aliphatic rings. The molecule has 1 amide bonds. The molecule has 6 nitrogen and oxygen atoms in total. The fraction of sp³-hybridized carbons (Fsp3) is 0.0556. The van der Waals surface area contributed by atoms with Gasteiger partial charge >= 0.3 is 0 Å². The van der Waals surface area contributed by atoms with Crippen molar-refractivity contribution in [3.8, 4) is 16.9 Å². The number of phenolic OH excluding ortho intramolecular Hbond substituents is 1. The van der Waals surface area contributed by atoms with Crippen molar-refractivity contribution < 1.29 is 9.90 Å². The SMILES string of the molecule is Cn1cc(-c2ccncc2C=CC(=O)Nc2ccc(Cl)c(O)c2)cn1. The molecule has 0 unspecified atom stereocenters. The lowest BCUT2D eigenvalue weighted by Crippen LogP contribution is -2.07. The predicted octanol–water partition coefficient (Wildman–Crippen LogP) is 3.49. The minimum Gasteiger partial charge on any atom is -0.506 e. The second-order valence-electron chi connectivity index (χ2n) is 5.35. The number of hydrogen-bond acceptors (Lipinski definition) is 4. The lowest BCUT2D eigenvalue weighted by atomic mass is 10.0. The fourth-order valence-corrected chi connectivity index (χ4v) is 2.42. The summed E-state index contributed by atoms with van der Waals surface area (Å²) < 4.78 is 1.71. The molecule has 0 bridgehead atoms. The van der Waals surface area contributed by atoms with Crippen LogP contribution in [0.5, 0.6) is 5.75 Å². The Hall–Kier alpha value is -3.12. The molecule has 2 heterocycles. The van der Waals surface area contributed by atoms with E-state index in [1.807, 2.05) is 19.3 Å². The third kappa shape index (κ3) is 4.05. The molecule has 2 aromatic heterocycles. The molecule has 0 aliphatic carbocycles. The molecule has 0 saturated heterocycles. The highest BCUT2D eigenvalue weighted by molar-refractivity contribution is 6.32. The van der Waals surface area contributed by atoms with Gasteiger partial charge in [-0.25, -0.2) is 0 Å². The summed E-state index contributed by atoms with van der Waals surface area (Å²) >= 11 is 5.75. The van der Waals surface area contributed by atoms with Gasteiger partial charge in [-0.05, 0) is 29.8 Å². The van der Waals surface area contributed by atoms with Crippen LogP contribution in [0.25, 0.3) is 17.2 Å². The van der Waals surface area contributed by atoms with Gasteiger partial charge in [0.1, 0.15) is 5.75 Å². The number of aromatic hydroxyl groups is 1. The zero-order valence-electron chi connectivity index (χ0n) is 13.3. The molecule has 2 N–H and O–H groups in total. The van der Waals surface area contributed by atoms with E-state index >= 15 is 0 Å². The Kier molecular flexibility index (Phi) is 4.81. The first-order valence-electron chi connectivity index (χ1n) is 7.43. The summed E-state index contributed by atoms with van der Waals surface area (Å²) in [5, 5.41) is 16.6. The number of amides is 1. The summed E-state index contributed by atoms with van der Waals surface area (Å²) in [4.78, 5) is 16.2. The predicted molar refractivity (Wildman–Crippen MR) is 97.2 cm³/mol. The maximum Gasteiger partial charge on any atom is 0.248 e. The molecule has 0 fully saturated rings. The maximum atomic E-state index is 12.1. The van der Waals surface area contributed by atoms with Crippen molar-refractivity contribution in [1.29, 1.82) is 0 Å². The average Bonchev–Trinajstić information content (AvgIpc) is 3.03. The Labute approximate surface area is 149 Å². The number of carbonyl (C=O) groups excluding carboxylic acids is 1. The van der Waals surface area contributed by atoms with E-state index in [4.69, 9.17) is 11.6 Å². The molecule has 25 heavy (non-hydrogen) atoms. The first-order chi connectivity index (χ1) is 12.0. The van der Waals surface area contributed by atoms with Crippen molar-refractivity contribution in [1.82, 2.24) is 14.8 Å². The van der Waals surface area contributed by atoms with E-state index in [2.05, 4.69) is 15.4 Å². The number of pyridine rings is 1. The number of anilines is 1. The van der Waals surface area contributed by atoms with Gasteiger partial charge in [0.05, 0.1) is 11.2 Å². The van der Waals surface area contributed by atoms with Gasteiger partial charge in [-0.2, -0.15) is 5.10 Å². The molecule has 3 aromatic rings. The first-order valence-corrected chi connectivity index (χ1v) is 7.81. The lowest BCUT2D eigenvalue weighted by molar-refractivity contribution is -0.111. The van der Waals surface area contributed by atoms with E-state index in [0.717, 1.165) is 16.7 Å². The van der Waals surface area contributed by atoms with Crippen LogP contribution in [0.1, 0.15) is 5.56 Å². The van der Waals surface area contributed by atoms with Crippen molar-refractivity contribution in [3.63, 3.8) is 0 Å². The van der Waals surface area contributed by atoms with Crippen molar-refractivity contribution in [2.45, 2.75) is 0 Å². The number of nitrogens with zero attached hydrogens (tertiary/aromatic N) is 3. The topological polar surface area (TPSA) is 80.0 Å². The number of hydrogen-bond donors (Lipinski definition) is 2. The number of rotatable bonds is 4. The fourth-order valence-electron chi connectivity index (χ4n) is 2.30. The third-order valence-corrected chi connectivity index (χ3v) is 3.82. The Morgan fingerprint density at radius 2 is 2.16 bits per heavy atom. The van der Waals surface area contributed by atoms with Gasteiger partial charge in [-0.3, -0.25) is 14.5 Å². The van der Waals surface area contributed by atoms with Gasteiger partial charge in [0.15, 0.2) is 0 Å². The highest BCUT2D eigenvalue weighted by Crippen LogP contribution is 2.26. The summed E-state index contributed by atoms with van der Waals surface area (Å²) in [7, 11) is 1.84. The van der Waals surface area contributed by atoms with E-state index in [-0.39, 0.29) is 16.7 Å². The van der Waals surface area contributed by atoms with Crippen LogP contribution in [0.2, 0.25) is 5.02 Å². The van der Waals surface area contributed by atoms with Crippen LogP contribution in [0.15, 0.2) is 55.1 Å².